The fourth-order valence-electron chi connectivity index (χ4n) is 4.00. The van der Waals surface area contributed by atoms with Gasteiger partial charge in [-0.05, 0) is 43.5 Å². The molecule has 2 amide bonds. The van der Waals surface area contributed by atoms with E-state index in [2.05, 4.69) is 10.2 Å². The molecule has 1 saturated heterocycles. The fourth-order valence-corrected chi connectivity index (χ4v) is 4.00. The predicted octanol–water partition coefficient (Wildman–Crippen LogP) is 3.20. The molecular weight excluding hydrogens is 428 g/mol. The molecule has 33 heavy (non-hydrogen) atoms. The Bertz CT molecular complexity index is 1120. The molecule has 2 aliphatic rings. The number of non-ortho nitro benzene ring substituents is 1. The molecule has 0 aromatic heterocycles. The summed E-state index contributed by atoms with van der Waals surface area (Å²) < 4.78 is 10.7. The number of anilines is 2. The van der Waals surface area contributed by atoms with E-state index in [9.17, 15) is 19.7 Å². The van der Waals surface area contributed by atoms with E-state index in [4.69, 9.17) is 15.2 Å². The van der Waals surface area contributed by atoms with Gasteiger partial charge >= 0.3 is 0 Å². The van der Waals surface area contributed by atoms with E-state index in [0.717, 1.165) is 38.0 Å². The summed E-state index contributed by atoms with van der Waals surface area (Å²) in [4.78, 5) is 37.3. The number of nitrogens with zero attached hydrogens (tertiary/aromatic N) is 2. The van der Waals surface area contributed by atoms with E-state index in [1.807, 2.05) is 0 Å². The van der Waals surface area contributed by atoms with E-state index in [-0.39, 0.29) is 24.7 Å². The molecule has 0 bridgehead atoms. The monoisotopic (exact) mass is 452 g/mol. The van der Waals surface area contributed by atoms with Crippen molar-refractivity contribution in [1.82, 2.24) is 0 Å². The van der Waals surface area contributed by atoms with Crippen LogP contribution in [0.5, 0.6) is 5.75 Å². The first-order chi connectivity index (χ1) is 15.9. The lowest BCUT2D eigenvalue weighted by molar-refractivity contribution is -0.385. The van der Waals surface area contributed by atoms with Crippen LogP contribution < -0.4 is 20.7 Å². The number of nitrogens with two attached hydrogens (primary N) is 1. The van der Waals surface area contributed by atoms with Crippen molar-refractivity contribution in [2.24, 2.45) is 5.73 Å². The van der Waals surface area contributed by atoms with Crippen molar-refractivity contribution in [1.29, 1.82) is 0 Å². The Morgan fingerprint density at radius 3 is 2.67 bits per heavy atom. The highest BCUT2D eigenvalue weighted by Gasteiger charge is 2.20. The van der Waals surface area contributed by atoms with Gasteiger partial charge in [0.2, 0.25) is 11.8 Å². The molecule has 3 N–H and O–H groups in total. The van der Waals surface area contributed by atoms with Gasteiger partial charge in [0.15, 0.2) is 6.79 Å². The molecule has 172 valence electrons. The van der Waals surface area contributed by atoms with Gasteiger partial charge in [0, 0.05) is 48.0 Å². The average molecular weight is 452 g/mol. The Balaban J connectivity index is 1.60. The van der Waals surface area contributed by atoms with Gasteiger partial charge < -0.3 is 25.4 Å². The minimum atomic E-state index is -0.589. The molecule has 0 atom stereocenters. The molecule has 2 aromatic carbocycles. The van der Waals surface area contributed by atoms with Crippen molar-refractivity contribution in [2.45, 2.75) is 25.9 Å². The van der Waals surface area contributed by atoms with Crippen LogP contribution in [0.15, 0.2) is 36.4 Å². The summed E-state index contributed by atoms with van der Waals surface area (Å²) in [6, 6.07) is 7.74. The number of carbonyl (C=O) groups excluding carboxylic acids is 2. The van der Waals surface area contributed by atoms with Gasteiger partial charge in [0.25, 0.3) is 5.69 Å². The van der Waals surface area contributed by atoms with E-state index in [1.54, 1.807) is 18.2 Å². The van der Waals surface area contributed by atoms with Gasteiger partial charge in [-0.1, -0.05) is 0 Å². The zero-order chi connectivity index (χ0) is 23.4. The molecule has 2 aliphatic heterocycles. The van der Waals surface area contributed by atoms with Crippen LogP contribution >= 0.6 is 0 Å². The summed E-state index contributed by atoms with van der Waals surface area (Å²) in [6.07, 6.45) is 5.99. The number of fused-ring (bicyclic) bond motifs is 1. The van der Waals surface area contributed by atoms with Crippen LogP contribution in [0.4, 0.5) is 17.1 Å². The number of carbonyl (C=O) groups is 2. The van der Waals surface area contributed by atoms with E-state index >= 15 is 0 Å². The lowest BCUT2D eigenvalue weighted by Gasteiger charge is -2.30. The summed E-state index contributed by atoms with van der Waals surface area (Å²) in [6.45, 7) is 1.92. The number of hydrogen-bond acceptors (Lipinski definition) is 7. The summed E-state index contributed by atoms with van der Waals surface area (Å²) in [5.41, 5.74) is 7.83. The molecule has 0 saturated carbocycles. The molecule has 0 radical (unpaired) electrons. The second-order valence-corrected chi connectivity index (χ2v) is 7.86. The highest BCUT2D eigenvalue weighted by atomic mass is 16.7. The smallest absolute Gasteiger partial charge is 0.270 e. The second-order valence-electron chi connectivity index (χ2n) is 7.86. The molecule has 4 rings (SSSR count). The standard InChI is InChI=1S/C23H24N4O6/c24-23(29)16-4-6-20(26-8-2-1-3-9-26)19(12-16)25-21(28)7-5-15-10-18(27(30)31)11-17-13-32-14-33-22(15)17/h4-7,10-12H,1-3,8-9,13-14H2,(H2,24,29)(H,25,28)/b7-5+. The van der Waals surface area contributed by atoms with Crippen LogP contribution in [0, 0.1) is 10.1 Å². The Morgan fingerprint density at radius 1 is 1.15 bits per heavy atom. The third-order valence-corrected chi connectivity index (χ3v) is 5.58. The lowest BCUT2D eigenvalue weighted by Crippen LogP contribution is -2.30. The number of nitro groups is 1. The van der Waals surface area contributed by atoms with Crippen molar-refractivity contribution in [2.75, 3.05) is 30.1 Å². The minimum absolute atomic E-state index is 0.0248. The summed E-state index contributed by atoms with van der Waals surface area (Å²) in [7, 11) is 0. The summed E-state index contributed by atoms with van der Waals surface area (Å²) >= 11 is 0. The SMILES string of the molecule is NC(=O)c1ccc(N2CCCCC2)c(NC(=O)/C=C/c2cc([N+](=O)[O-])cc3c2OCOC3)c1. The number of amides is 2. The van der Waals surface area contributed by atoms with Crippen molar-refractivity contribution in [3.8, 4) is 5.75 Å². The van der Waals surface area contributed by atoms with Gasteiger partial charge in [-0.2, -0.15) is 0 Å². The molecule has 0 aliphatic carbocycles. The maximum atomic E-state index is 12.8. The Morgan fingerprint density at radius 2 is 1.94 bits per heavy atom. The van der Waals surface area contributed by atoms with Gasteiger partial charge in [-0.15, -0.1) is 0 Å². The minimum Gasteiger partial charge on any atom is -0.467 e. The lowest BCUT2D eigenvalue weighted by atomic mass is 10.1. The zero-order valence-corrected chi connectivity index (χ0v) is 17.9. The summed E-state index contributed by atoms with van der Waals surface area (Å²) in [5, 5.41) is 14.1. The molecular formula is C23H24N4O6. The van der Waals surface area contributed by atoms with Gasteiger partial charge in [-0.25, -0.2) is 0 Å². The Hall–Kier alpha value is -3.92. The third-order valence-electron chi connectivity index (χ3n) is 5.58. The Labute approximate surface area is 190 Å². The first-order valence-electron chi connectivity index (χ1n) is 10.6. The molecule has 0 spiro atoms. The second kappa shape index (κ2) is 9.70. The van der Waals surface area contributed by atoms with E-state index < -0.39 is 16.7 Å². The van der Waals surface area contributed by atoms with Crippen LogP contribution in [0.2, 0.25) is 0 Å². The molecule has 10 heteroatoms. The van der Waals surface area contributed by atoms with Gasteiger partial charge in [0.1, 0.15) is 5.75 Å². The maximum absolute atomic E-state index is 12.8. The van der Waals surface area contributed by atoms with E-state index in [0.29, 0.717) is 22.6 Å². The highest BCUT2D eigenvalue weighted by molar-refractivity contribution is 6.05. The first-order valence-corrected chi connectivity index (χ1v) is 10.6. The number of ether oxygens (including phenoxy) is 2. The molecule has 2 heterocycles. The number of piperidine rings is 1. The predicted molar refractivity (Wildman–Crippen MR) is 122 cm³/mol. The fraction of sp³-hybridized carbons (Fsp3) is 0.304. The van der Waals surface area contributed by atoms with Crippen LogP contribution in [0.3, 0.4) is 0 Å². The number of primary amides is 1. The van der Waals surface area contributed by atoms with Crippen molar-refractivity contribution >= 4 is 35.0 Å². The molecule has 0 unspecified atom stereocenters. The van der Waals surface area contributed by atoms with Gasteiger partial charge in [0.05, 0.1) is 22.9 Å². The topological polar surface area (TPSA) is 137 Å². The first kappa shape index (κ1) is 22.3. The average Bonchev–Trinajstić information content (AvgIpc) is 2.82. The number of hydrogen-bond donors (Lipinski definition) is 2. The van der Waals surface area contributed by atoms with Crippen LogP contribution in [-0.2, 0) is 16.1 Å². The third kappa shape index (κ3) is 5.12. The van der Waals surface area contributed by atoms with Crippen molar-refractivity contribution in [3.05, 3.63) is 63.2 Å². The van der Waals surface area contributed by atoms with Crippen LogP contribution in [0.25, 0.3) is 6.08 Å². The maximum Gasteiger partial charge on any atom is 0.270 e. The molecule has 1 fully saturated rings. The quantitative estimate of drug-likeness (QED) is 0.390. The number of nitrogens with one attached hydrogen (secondary N) is 1. The van der Waals surface area contributed by atoms with Crippen LogP contribution in [-0.4, -0.2) is 36.6 Å². The number of rotatable bonds is 6. The Kier molecular flexibility index (Phi) is 6.55. The van der Waals surface area contributed by atoms with Crippen LogP contribution in [0.1, 0.15) is 40.7 Å². The van der Waals surface area contributed by atoms with Crippen molar-refractivity contribution < 1.29 is 24.0 Å². The summed E-state index contributed by atoms with van der Waals surface area (Å²) in [5.74, 6) is -0.600. The largest absolute Gasteiger partial charge is 0.467 e. The highest BCUT2D eigenvalue weighted by Crippen LogP contribution is 2.34. The van der Waals surface area contributed by atoms with E-state index in [1.165, 1.54) is 24.3 Å². The molecule has 2 aromatic rings. The zero-order valence-electron chi connectivity index (χ0n) is 17.9. The van der Waals surface area contributed by atoms with Crippen molar-refractivity contribution in [3.63, 3.8) is 0 Å². The van der Waals surface area contributed by atoms with Gasteiger partial charge in [-0.3, -0.25) is 19.7 Å². The number of benzene rings is 2. The molecule has 10 nitrogen and oxygen atoms in total. The normalized spacial score (nSPS) is 15.6. The number of nitro benzene ring substituents is 1.